The minimum absolute atomic E-state index is 0.128. The quantitative estimate of drug-likeness (QED) is 0.822. The molecule has 2 aromatic rings. The van der Waals surface area contributed by atoms with Crippen LogP contribution >= 0.6 is 0 Å². The lowest BCUT2D eigenvalue weighted by Crippen LogP contribution is -2.09. The maximum Gasteiger partial charge on any atom is 0.353 e. The van der Waals surface area contributed by atoms with Gasteiger partial charge in [-0.25, -0.2) is 4.79 Å². The molecule has 4 heteroatoms. The number of carboxylic acid groups (broad SMARTS) is 1. The number of hydrogen-bond donors (Lipinski definition) is 1. The van der Waals surface area contributed by atoms with Gasteiger partial charge in [0.15, 0.2) is 6.29 Å². The van der Waals surface area contributed by atoms with Gasteiger partial charge in [-0.05, 0) is 18.9 Å². The molecule has 0 aliphatic heterocycles. The van der Waals surface area contributed by atoms with Gasteiger partial charge in [0, 0.05) is 16.9 Å². The summed E-state index contributed by atoms with van der Waals surface area (Å²) in [5.74, 6) is -1.03. The molecule has 0 saturated heterocycles. The normalized spacial score (nSPS) is 15.1. The first-order chi connectivity index (χ1) is 8.24. The van der Waals surface area contributed by atoms with Gasteiger partial charge >= 0.3 is 5.97 Å². The molecule has 0 atom stereocenters. The standard InChI is InChI=1S/C13H11NO3/c15-7-10-9-3-1-2-4-11(9)14(8-5-6-8)12(10)13(16)17/h1-4,7-8H,5-6H2,(H,16,17). The summed E-state index contributed by atoms with van der Waals surface area (Å²) in [5.41, 5.74) is 1.26. The zero-order valence-electron chi connectivity index (χ0n) is 9.09. The molecule has 0 unspecified atom stereocenters. The van der Waals surface area contributed by atoms with Crippen LogP contribution in [0.2, 0.25) is 0 Å². The Morgan fingerprint density at radius 3 is 2.65 bits per heavy atom. The molecule has 1 aromatic carbocycles. The smallest absolute Gasteiger partial charge is 0.353 e. The third-order valence-electron chi connectivity index (χ3n) is 3.18. The van der Waals surface area contributed by atoms with Crippen LogP contribution in [0.3, 0.4) is 0 Å². The summed E-state index contributed by atoms with van der Waals surface area (Å²) in [6.07, 6.45) is 2.61. The lowest BCUT2D eigenvalue weighted by Gasteiger charge is -2.05. The molecule has 0 spiro atoms. The van der Waals surface area contributed by atoms with E-state index in [1.165, 1.54) is 0 Å². The lowest BCUT2D eigenvalue weighted by molar-refractivity contribution is 0.0682. The minimum atomic E-state index is -1.03. The minimum Gasteiger partial charge on any atom is -0.477 e. The number of nitrogens with zero attached hydrogens (tertiary/aromatic N) is 1. The molecule has 86 valence electrons. The molecule has 1 N–H and O–H groups in total. The summed E-state index contributed by atoms with van der Waals surface area (Å²) in [6, 6.07) is 7.58. The van der Waals surface area contributed by atoms with Crippen molar-refractivity contribution in [3.8, 4) is 0 Å². The topological polar surface area (TPSA) is 59.3 Å². The molecule has 0 radical (unpaired) electrons. The van der Waals surface area contributed by atoms with E-state index in [0.717, 1.165) is 23.7 Å². The van der Waals surface area contributed by atoms with Crippen molar-refractivity contribution in [2.75, 3.05) is 0 Å². The second kappa shape index (κ2) is 3.45. The molecule has 1 heterocycles. The van der Waals surface area contributed by atoms with Crippen LogP contribution in [0.1, 0.15) is 39.7 Å². The first-order valence-electron chi connectivity index (χ1n) is 5.55. The molecule has 0 bridgehead atoms. The number of aldehydes is 1. The van der Waals surface area contributed by atoms with E-state index in [1.54, 1.807) is 10.6 Å². The van der Waals surface area contributed by atoms with E-state index in [2.05, 4.69) is 0 Å². The van der Waals surface area contributed by atoms with Crippen LogP contribution < -0.4 is 0 Å². The Morgan fingerprint density at radius 1 is 1.35 bits per heavy atom. The summed E-state index contributed by atoms with van der Waals surface area (Å²) in [5, 5.41) is 10.0. The summed E-state index contributed by atoms with van der Waals surface area (Å²) >= 11 is 0. The maximum atomic E-state index is 11.3. The Kier molecular flexibility index (Phi) is 2.04. The summed E-state index contributed by atoms with van der Waals surface area (Å²) in [6.45, 7) is 0. The molecular formula is C13H11NO3. The fraction of sp³-hybridized carbons (Fsp3) is 0.231. The number of para-hydroxylation sites is 1. The number of carbonyl (C=O) groups excluding carboxylic acids is 1. The number of aromatic carboxylic acids is 1. The van der Waals surface area contributed by atoms with Crippen LogP contribution in [0.4, 0.5) is 0 Å². The fourth-order valence-corrected chi connectivity index (χ4v) is 2.34. The van der Waals surface area contributed by atoms with E-state index in [-0.39, 0.29) is 11.7 Å². The highest BCUT2D eigenvalue weighted by atomic mass is 16.4. The number of carbonyl (C=O) groups is 2. The van der Waals surface area contributed by atoms with Gasteiger partial charge in [0.05, 0.1) is 5.56 Å². The van der Waals surface area contributed by atoms with Crippen molar-refractivity contribution in [1.82, 2.24) is 4.57 Å². The third kappa shape index (κ3) is 1.37. The van der Waals surface area contributed by atoms with Crippen molar-refractivity contribution >= 4 is 23.2 Å². The number of benzene rings is 1. The van der Waals surface area contributed by atoms with Crippen LogP contribution in [0, 0.1) is 0 Å². The highest BCUT2D eigenvalue weighted by molar-refractivity contribution is 6.08. The van der Waals surface area contributed by atoms with Crippen LogP contribution in [-0.4, -0.2) is 21.9 Å². The van der Waals surface area contributed by atoms with Crippen LogP contribution in [0.5, 0.6) is 0 Å². The second-order valence-electron chi connectivity index (χ2n) is 4.30. The molecule has 1 aromatic heterocycles. The Labute approximate surface area is 97.5 Å². The first kappa shape index (κ1) is 10.1. The number of fused-ring (bicyclic) bond motifs is 1. The monoisotopic (exact) mass is 229 g/mol. The average molecular weight is 229 g/mol. The van der Waals surface area contributed by atoms with Crippen molar-refractivity contribution in [2.45, 2.75) is 18.9 Å². The number of rotatable bonds is 3. The van der Waals surface area contributed by atoms with Gasteiger partial charge in [-0.15, -0.1) is 0 Å². The van der Waals surface area contributed by atoms with Gasteiger partial charge in [0.2, 0.25) is 0 Å². The summed E-state index contributed by atoms with van der Waals surface area (Å²) < 4.78 is 1.79. The largest absolute Gasteiger partial charge is 0.477 e. The van der Waals surface area contributed by atoms with E-state index >= 15 is 0 Å². The van der Waals surface area contributed by atoms with Gasteiger partial charge in [0.25, 0.3) is 0 Å². The summed E-state index contributed by atoms with van der Waals surface area (Å²) in [4.78, 5) is 22.4. The number of hydrogen-bond acceptors (Lipinski definition) is 2. The number of carboxylic acids is 1. The fourth-order valence-electron chi connectivity index (χ4n) is 2.34. The van der Waals surface area contributed by atoms with Crippen LogP contribution in [-0.2, 0) is 0 Å². The van der Waals surface area contributed by atoms with Crippen molar-refractivity contribution in [3.05, 3.63) is 35.5 Å². The van der Waals surface area contributed by atoms with Gasteiger partial charge < -0.3 is 9.67 Å². The molecule has 4 nitrogen and oxygen atoms in total. The Bertz CT molecular complexity index is 623. The van der Waals surface area contributed by atoms with Crippen molar-refractivity contribution in [3.63, 3.8) is 0 Å². The van der Waals surface area contributed by atoms with E-state index in [1.807, 2.05) is 18.2 Å². The van der Waals surface area contributed by atoms with Crippen LogP contribution in [0.15, 0.2) is 24.3 Å². The average Bonchev–Trinajstić information content (AvgIpc) is 3.10. The zero-order valence-corrected chi connectivity index (χ0v) is 9.09. The van der Waals surface area contributed by atoms with Gasteiger partial charge in [-0.3, -0.25) is 4.79 Å². The second-order valence-corrected chi connectivity index (χ2v) is 4.30. The Balaban J connectivity index is 2.44. The molecule has 1 fully saturated rings. The molecule has 1 saturated carbocycles. The van der Waals surface area contributed by atoms with Gasteiger partial charge in [-0.2, -0.15) is 0 Å². The van der Waals surface area contributed by atoms with E-state index in [4.69, 9.17) is 0 Å². The molecule has 1 aliphatic carbocycles. The van der Waals surface area contributed by atoms with Crippen molar-refractivity contribution in [2.24, 2.45) is 0 Å². The molecular weight excluding hydrogens is 218 g/mol. The van der Waals surface area contributed by atoms with E-state index in [9.17, 15) is 14.7 Å². The van der Waals surface area contributed by atoms with Crippen LogP contribution in [0.25, 0.3) is 10.9 Å². The zero-order chi connectivity index (χ0) is 12.0. The molecule has 1 aliphatic rings. The number of aromatic nitrogens is 1. The Hall–Kier alpha value is -2.10. The molecule has 17 heavy (non-hydrogen) atoms. The molecule has 3 rings (SSSR count). The lowest BCUT2D eigenvalue weighted by atomic mass is 10.1. The highest BCUT2D eigenvalue weighted by Crippen LogP contribution is 2.40. The Morgan fingerprint density at radius 2 is 2.06 bits per heavy atom. The van der Waals surface area contributed by atoms with Crippen molar-refractivity contribution < 1.29 is 14.7 Å². The summed E-state index contributed by atoms with van der Waals surface area (Å²) in [7, 11) is 0. The predicted octanol–water partition coefficient (Wildman–Crippen LogP) is 2.49. The third-order valence-corrected chi connectivity index (χ3v) is 3.18. The predicted molar refractivity (Wildman–Crippen MR) is 62.6 cm³/mol. The van der Waals surface area contributed by atoms with Crippen molar-refractivity contribution in [1.29, 1.82) is 0 Å². The maximum absolute atomic E-state index is 11.3. The molecule has 0 amide bonds. The van der Waals surface area contributed by atoms with E-state index < -0.39 is 5.97 Å². The highest BCUT2D eigenvalue weighted by Gasteiger charge is 2.32. The van der Waals surface area contributed by atoms with Gasteiger partial charge in [-0.1, -0.05) is 18.2 Å². The van der Waals surface area contributed by atoms with Gasteiger partial charge in [0.1, 0.15) is 5.69 Å². The first-order valence-corrected chi connectivity index (χ1v) is 5.55. The van der Waals surface area contributed by atoms with E-state index in [0.29, 0.717) is 11.8 Å². The SMILES string of the molecule is O=Cc1c(C(=O)O)n(C2CC2)c2ccccc12.